The van der Waals surface area contributed by atoms with Gasteiger partial charge in [0.05, 0.1) is 17.5 Å². The Kier molecular flexibility index (Phi) is 4.82. The fourth-order valence-electron chi connectivity index (χ4n) is 2.42. The van der Waals surface area contributed by atoms with Crippen LogP contribution in [0, 0.1) is 5.41 Å². The molecule has 0 saturated heterocycles. The van der Waals surface area contributed by atoms with Crippen LogP contribution in [0.1, 0.15) is 52.2 Å². The number of rotatable bonds is 6. The zero-order valence-electron chi connectivity index (χ0n) is 13.6. The van der Waals surface area contributed by atoms with Gasteiger partial charge in [0.2, 0.25) is 0 Å². The molecule has 0 bridgehead atoms. The highest BCUT2D eigenvalue weighted by atomic mass is 35.5. The first-order valence-electron chi connectivity index (χ1n) is 7.65. The maximum absolute atomic E-state index is 6.36. The van der Waals surface area contributed by atoms with Crippen LogP contribution in [0.4, 0.5) is 0 Å². The standard InChI is InChI=1S/C17H25ClN2O/c1-6-17(4,5)11-20-13-9-8-10-14(21-7-2)15(13)19-16(20)12(3)18/h8-10,12H,6-7,11H2,1-5H3. The van der Waals surface area contributed by atoms with Gasteiger partial charge in [0.25, 0.3) is 0 Å². The lowest BCUT2D eigenvalue weighted by Gasteiger charge is -2.25. The third-order valence-electron chi connectivity index (χ3n) is 3.97. The van der Waals surface area contributed by atoms with Gasteiger partial charge in [-0.2, -0.15) is 0 Å². The van der Waals surface area contributed by atoms with Gasteiger partial charge < -0.3 is 9.30 Å². The third-order valence-corrected chi connectivity index (χ3v) is 4.17. The summed E-state index contributed by atoms with van der Waals surface area (Å²) < 4.78 is 7.95. The molecule has 0 spiro atoms. The van der Waals surface area contributed by atoms with E-state index in [4.69, 9.17) is 21.3 Å². The fraction of sp³-hybridized carbons (Fsp3) is 0.588. The number of alkyl halides is 1. The number of nitrogens with zero attached hydrogens (tertiary/aromatic N) is 2. The molecule has 2 rings (SSSR count). The molecule has 1 unspecified atom stereocenters. The van der Waals surface area contributed by atoms with Crippen LogP contribution in [-0.2, 0) is 6.54 Å². The summed E-state index contributed by atoms with van der Waals surface area (Å²) >= 11 is 6.36. The third kappa shape index (κ3) is 3.34. The highest BCUT2D eigenvalue weighted by molar-refractivity contribution is 6.20. The van der Waals surface area contributed by atoms with Gasteiger partial charge in [-0.05, 0) is 37.8 Å². The molecular weight excluding hydrogens is 284 g/mol. The van der Waals surface area contributed by atoms with Crippen molar-refractivity contribution in [1.29, 1.82) is 0 Å². The van der Waals surface area contributed by atoms with Crippen molar-refractivity contribution >= 4 is 22.6 Å². The van der Waals surface area contributed by atoms with E-state index in [-0.39, 0.29) is 10.8 Å². The van der Waals surface area contributed by atoms with Crippen LogP contribution in [0.3, 0.4) is 0 Å². The highest BCUT2D eigenvalue weighted by Gasteiger charge is 2.23. The molecular formula is C17H25ClN2O. The minimum absolute atomic E-state index is 0.125. The maximum Gasteiger partial charge on any atom is 0.147 e. The Bertz CT molecular complexity index is 617. The van der Waals surface area contributed by atoms with Crippen LogP contribution in [0.25, 0.3) is 11.0 Å². The molecule has 1 atom stereocenters. The van der Waals surface area contributed by atoms with E-state index in [1.807, 2.05) is 26.0 Å². The number of aromatic nitrogens is 2. The van der Waals surface area contributed by atoms with Crippen molar-refractivity contribution < 1.29 is 4.74 Å². The van der Waals surface area contributed by atoms with Gasteiger partial charge in [0.1, 0.15) is 17.1 Å². The maximum atomic E-state index is 6.36. The van der Waals surface area contributed by atoms with E-state index in [1.165, 1.54) is 0 Å². The minimum atomic E-state index is -0.125. The first-order valence-corrected chi connectivity index (χ1v) is 8.09. The average molecular weight is 309 g/mol. The predicted octanol–water partition coefficient (Wildman–Crippen LogP) is 5.17. The molecule has 21 heavy (non-hydrogen) atoms. The Hall–Kier alpha value is -1.22. The van der Waals surface area contributed by atoms with Crippen molar-refractivity contribution in [3.63, 3.8) is 0 Å². The molecule has 2 aromatic rings. The van der Waals surface area contributed by atoms with E-state index in [1.54, 1.807) is 0 Å². The van der Waals surface area contributed by atoms with Crippen molar-refractivity contribution in [1.82, 2.24) is 9.55 Å². The van der Waals surface area contributed by atoms with Gasteiger partial charge in [-0.3, -0.25) is 0 Å². The summed E-state index contributed by atoms with van der Waals surface area (Å²) in [5, 5.41) is -0.125. The molecule has 116 valence electrons. The quantitative estimate of drug-likeness (QED) is 0.688. The summed E-state index contributed by atoms with van der Waals surface area (Å²) in [6.45, 7) is 12.3. The predicted molar refractivity (Wildman–Crippen MR) is 89.2 cm³/mol. The van der Waals surface area contributed by atoms with Crippen LogP contribution < -0.4 is 4.74 Å². The normalized spacial score (nSPS) is 13.6. The zero-order valence-corrected chi connectivity index (χ0v) is 14.4. The lowest BCUT2D eigenvalue weighted by molar-refractivity contribution is 0.294. The Labute approximate surface area is 132 Å². The number of halogens is 1. The Balaban J connectivity index is 2.61. The molecule has 1 aromatic heterocycles. The van der Waals surface area contributed by atoms with Crippen molar-refractivity contribution in [3.8, 4) is 5.75 Å². The van der Waals surface area contributed by atoms with Crippen molar-refractivity contribution in [2.45, 2.75) is 53.0 Å². The Morgan fingerprint density at radius 3 is 2.62 bits per heavy atom. The van der Waals surface area contributed by atoms with Crippen molar-refractivity contribution in [3.05, 3.63) is 24.0 Å². The Morgan fingerprint density at radius 2 is 2.05 bits per heavy atom. The molecule has 0 aliphatic rings. The molecule has 0 aliphatic heterocycles. The minimum Gasteiger partial charge on any atom is -0.492 e. The van der Waals surface area contributed by atoms with E-state index in [2.05, 4.69) is 31.4 Å². The fourth-order valence-corrected chi connectivity index (χ4v) is 2.59. The number of para-hydroxylation sites is 1. The van der Waals surface area contributed by atoms with Gasteiger partial charge in [-0.25, -0.2) is 4.98 Å². The summed E-state index contributed by atoms with van der Waals surface area (Å²) in [5.41, 5.74) is 2.22. The molecule has 0 N–H and O–H groups in total. The lowest BCUT2D eigenvalue weighted by atomic mass is 9.90. The van der Waals surface area contributed by atoms with Crippen LogP contribution >= 0.6 is 11.6 Å². The number of imidazole rings is 1. The van der Waals surface area contributed by atoms with Crippen molar-refractivity contribution in [2.75, 3.05) is 6.61 Å². The van der Waals surface area contributed by atoms with Gasteiger partial charge in [0, 0.05) is 6.54 Å². The second-order valence-electron chi connectivity index (χ2n) is 6.25. The summed E-state index contributed by atoms with van der Waals surface area (Å²) in [6, 6.07) is 6.09. The lowest BCUT2D eigenvalue weighted by Crippen LogP contribution is -2.20. The van der Waals surface area contributed by atoms with E-state index < -0.39 is 0 Å². The summed E-state index contributed by atoms with van der Waals surface area (Å²) in [6.07, 6.45) is 1.11. The first kappa shape index (κ1) is 16.2. The summed E-state index contributed by atoms with van der Waals surface area (Å²) in [7, 11) is 0. The smallest absolute Gasteiger partial charge is 0.147 e. The zero-order chi connectivity index (χ0) is 15.6. The molecule has 1 aromatic carbocycles. The summed E-state index contributed by atoms with van der Waals surface area (Å²) in [4.78, 5) is 4.76. The van der Waals surface area contributed by atoms with E-state index >= 15 is 0 Å². The molecule has 1 heterocycles. The van der Waals surface area contributed by atoms with E-state index in [0.717, 1.165) is 35.6 Å². The first-order chi connectivity index (χ1) is 9.89. The molecule has 3 nitrogen and oxygen atoms in total. The molecule has 4 heteroatoms. The van der Waals surface area contributed by atoms with Gasteiger partial charge in [0.15, 0.2) is 0 Å². The Morgan fingerprint density at radius 1 is 1.33 bits per heavy atom. The molecule has 0 saturated carbocycles. The van der Waals surface area contributed by atoms with Gasteiger partial charge in [-0.1, -0.05) is 26.8 Å². The molecule has 0 radical (unpaired) electrons. The van der Waals surface area contributed by atoms with Gasteiger partial charge in [-0.15, -0.1) is 11.6 Å². The van der Waals surface area contributed by atoms with E-state index in [9.17, 15) is 0 Å². The number of ether oxygens (including phenoxy) is 1. The number of hydrogen-bond acceptors (Lipinski definition) is 2. The van der Waals surface area contributed by atoms with Crippen LogP contribution in [0.5, 0.6) is 5.75 Å². The second-order valence-corrected chi connectivity index (χ2v) is 6.90. The largest absolute Gasteiger partial charge is 0.492 e. The molecule has 0 aliphatic carbocycles. The van der Waals surface area contributed by atoms with E-state index in [0.29, 0.717) is 6.61 Å². The SMILES string of the molecule is CCOc1cccc2c1nc(C(C)Cl)n2CC(C)(C)CC. The number of fused-ring (bicyclic) bond motifs is 1. The summed E-state index contributed by atoms with van der Waals surface area (Å²) in [5.74, 6) is 1.75. The molecule has 0 fully saturated rings. The van der Waals surface area contributed by atoms with Crippen LogP contribution in [-0.4, -0.2) is 16.2 Å². The topological polar surface area (TPSA) is 27.1 Å². The second kappa shape index (κ2) is 6.27. The number of hydrogen-bond donors (Lipinski definition) is 0. The van der Waals surface area contributed by atoms with Crippen LogP contribution in [0.15, 0.2) is 18.2 Å². The van der Waals surface area contributed by atoms with Gasteiger partial charge >= 0.3 is 0 Å². The highest BCUT2D eigenvalue weighted by Crippen LogP contribution is 2.33. The monoisotopic (exact) mass is 308 g/mol. The van der Waals surface area contributed by atoms with Crippen LogP contribution in [0.2, 0.25) is 0 Å². The average Bonchev–Trinajstić information content (AvgIpc) is 2.79. The van der Waals surface area contributed by atoms with Crippen molar-refractivity contribution in [2.24, 2.45) is 5.41 Å². The molecule has 0 amide bonds. The number of benzene rings is 1.